The second-order valence-corrected chi connectivity index (χ2v) is 6.97. The molecule has 1 N–H and O–H groups in total. The number of hydrogen-bond donors (Lipinski definition) is 1. The van der Waals surface area contributed by atoms with E-state index < -0.39 is 11.7 Å². The Bertz CT molecular complexity index is 800. The first kappa shape index (κ1) is 19.4. The van der Waals surface area contributed by atoms with Crippen LogP contribution in [0.5, 0.6) is 0 Å². The highest BCUT2D eigenvalue weighted by molar-refractivity contribution is 5.76. The third-order valence-corrected chi connectivity index (χ3v) is 4.88. The quantitative estimate of drug-likeness (QED) is 0.835. The zero-order valence-corrected chi connectivity index (χ0v) is 15.2. The molecule has 8 heteroatoms. The number of nitrogens with one attached hydrogen (secondary N) is 1. The van der Waals surface area contributed by atoms with Gasteiger partial charge >= 0.3 is 6.18 Å². The second kappa shape index (κ2) is 8.10. The lowest BCUT2D eigenvalue weighted by Crippen LogP contribution is -2.27. The van der Waals surface area contributed by atoms with E-state index in [0.717, 1.165) is 49.6 Å². The molecule has 2 aromatic rings. The molecule has 2 heterocycles. The number of alkyl halides is 3. The van der Waals surface area contributed by atoms with Gasteiger partial charge in [0.05, 0.1) is 5.56 Å². The van der Waals surface area contributed by atoms with Crippen molar-refractivity contribution < 1.29 is 18.0 Å². The largest absolute Gasteiger partial charge is 0.416 e. The van der Waals surface area contributed by atoms with E-state index in [0.29, 0.717) is 18.5 Å². The van der Waals surface area contributed by atoms with Gasteiger partial charge in [-0.1, -0.05) is 25.1 Å². The third kappa shape index (κ3) is 4.87. The standard InChI is InChI=1S/C19H23F3N4O/c1-13(14-5-4-6-15(12-14)19(20,21)22)11-18(27)23-9-8-17-25-24-16-7-2-3-10-26(16)17/h4-6,12-13H,2-3,7-11H2,1H3,(H,23,27)/t13-/m1/s1. The summed E-state index contributed by atoms with van der Waals surface area (Å²) >= 11 is 0. The van der Waals surface area contributed by atoms with E-state index in [-0.39, 0.29) is 18.2 Å². The second-order valence-electron chi connectivity index (χ2n) is 6.97. The predicted octanol–water partition coefficient (Wildman–Crippen LogP) is 3.49. The minimum atomic E-state index is -4.38. The average molecular weight is 380 g/mol. The van der Waals surface area contributed by atoms with Crippen LogP contribution in [0.25, 0.3) is 0 Å². The zero-order valence-electron chi connectivity index (χ0n) is 15.2. The minimum absolute atomic E-state index is 0.138. The lowest BCUT2D eigenvalue weighted by Gasteiger charge is -2.16. The summed E-state index contributed by atoms with van der Waals surface area (Å²) in [6.07, 6.45) is -0.472. The fraction of sp³-hybridized carbons (Fsp3) is 0.526. The summed E-state index contributed by atoms with van der Waals surface area (Å²) in [6.45, 7) is 3.11. The monoisotopic (exact) mass is 380 g/mol. The van der Waals surface area contributed by atoms with Crippen LogP contribution in [-0.4, -0.2) is 27.2 Å². The van der Waals surface area contributed by atoms with Gasteiger partial charge in [0.15, 0.2) is 0 Å². The number of halogens is 3. The molecule has 1 aromatic heterocycles. The fourth-order valence-corrected chi connectivity index (χ4v) is 3.36. The Morgan fingerprint density at radius 3 is 2.89 bits per heavy atom. The van der Waals surface area contributed by atoms with Crippen LogP contribution in [0.1, 0.15) is 54.9 Å². The van der Waals surface area contributed by atoms with E-state index in [2.05, 4.69) is 20.1 Å². The van der Waals surface area contributed by atoms with Crippen molar-refractivity contribution in [3.8, 4) is 0 Å². The number of amides is 1. The first-order valence-corrected chi connectivity index (χ1v) is 9.19. The summed E-state index contributed by atoms with van der Waals surface area (Å²) in [6, 6.07) is 5.15. The molecule has 0 saturated carbocycles. The molecule has 0 saturated heterocycles. The summed E-state index contributed by atoms with van der Waals surface area (Å²) in [7, 11) is 0. The van der Waals surface area contributed by atoms with Gasteiger partial charge in [-0.15, -0.1) is 10.2 Å². The molecule has 0 bridgehead atoms. The van der Waals surface area contributed by atoms with Gasteiger partial charge in [0.25, 0.3) is 0 Å². The van der Waals surface area contributed by atoms with E-state index in [1.165, 1.54) is 6.07 Å². The Balaban J connectivity index is 1.50. The number of carbonyl (C=O) groups excluding carboxylic acids is 1. The molecule has 27 heavy (non-hydrogen) atoms. The number of rotatable bonds is 6. The van der Waals surface area contributed by atoms with Crippen molar-refractivity contribution in [2.75, 3.05) is 6.54 Å². The lowest BCUT2D eigenvalue weighted by molar-refractivity contribution is -0.137. The molecule has 3 rings (SSSR count). The normalized spacial score (nSPS) is 15.3. The zero-order chi connectivity index (χ0) is 19.4. The number of nitrogens with zero attached hydrogens (tertiary/aromatic N) is 3. The van der Waals surface area contributed by atoms with Gasteiger partial charge in [-0.2, -0.15) is 13.2 Å². The molecular weight excluding hydrogens is 357 g/mol. The fourth-order valence-electron chi connectivity index (χ4n) is 3.36. The summed E-state index contributed by atoms with van der Waals surface area (Å²) in [5.74, 6) is 1.39. The Labute approximate surface area is 156 Å². The number of benzene rings is 1. The number of hydrogen-bond acceptors (Lipinski definition) is 3. The van der Waals surface area contributed by atoms with Gasteiger partial charge in [-0.05, 0) is 30.4 Å². The van der Waals surface area contributed by atoms with Crippen molar-refractivity contribution in [3.63, 3.8) is 0 Å². The van der Waals surface area contributed by atoms with Crippen LogP contribution in [0.15, 0.2) is 24.3 Å². The summed E-state index contributed by atoms with van der Waals surface area (Å²) in [4.78, 5) is 12.1. The first-order chi connectivity index (χ1) is 12.8. The van der Waals surface area contributed by atoms with Crippen molar-refractivity contribution in [2.45, 2.75) is 57.7 Å². The molecule has 1 atom stereocenters. The van der Waals surface area contributed by atoms with Crippen LogP contribution in [0.2, 0.25) is 0 Å². The van der Waals surface area contributed by atoms with E-state index in [1.807, 2.05) is 0 Å². The van der Waals surface area contributed by atoms with Crippen molar-refractivity contribution in [2.24, 2.45) is 0 Å². The van der Waals surface area contributed by atoms with Crippen LogP contribution in [-0.2, 0) is 30.4 Å². The highest BCUT2D eigenvalue weighted by atomic mass is 19.4. The van der Waals surface area contributed by atoms with Gasteiger partial charge in [0, 0.05) is 32.4 Å². The van der Waals surface area contributed by atoms with E-state index in [9.17, 15) is 18.0 Å². The van der Waals surface area contributed by atoms with E-state index in [4.69, 9.17) is 0 Å². The smallest absolute Gasteiger partial charge is 0.356 e. The maximum Gasteiger partial charge on any atom is 0.416 e. The van der Waals surface area contributed by atoms with Gasteiger partial charge < -0.3 is 9.88 Å². The maximum absolute atomic E-state index is 12.8. The third-order valence-electron chi connectivity index (χ3n) is 4.88. The van der Waals surface area contributed by atoms with Crippen molar-refractivity contribution in [3.05, 3.63) is 47.0 Å². The van der Waals surface area contributed by atoms with Crippen LogP contribution < -0.4 is 5.32 Å². The molecule has 1 aliphatic heterocycles. The van der Waals surface area contributed by atoms with Crippen molar-refractivity contribution in [1.82, 2.24) is 20.1 Å². The molecular formula is C19H23F3N4O. The Morgan fingerprint density at radius 1 is 1.30 bits per heavy atom. The van der Waals surface area contributed by atoms with Crippen LogP contribution >= 0.6 is 0 Å². The lowest BCUT2D eigenvalue weighted by atomic mass is 9.95. The molecule has 1 amide bonds. The highest BCUT2D eigenvalue weighted by Crippen LogP contribution is 2.31. The molecule has 0 spiro atoms. The van der Waals surface area contributed by atoms with E-state index in [1.54, 1.807) is 13.0 Å². The molecule has 146 valence electrons. The molecule has 5 nitrogen and oxygen atoms in total. The van der Waals surface area contributed by atoms with Crippen molar-refractivity contribution >= 4 is 5.91 Å². The number of aryl methyl sites for hydroxylation is 1. The SMILES string of the molecule is C[C@H](CC(=O)NCCc1nnc2n1CCCC2)c1cccc(C(F)(F)F)c1. The summed E-state index contributed by atoms with van der Waals surface area (Å²) < 4.78 is 40.6. The average Bonchev–Trinajstić information content (AvgIpc) is 3.04. The molecule has 0 fully saturated rings. The van der Waals surface area contributed by atoms with E-state index >= 15 is 0 Å². The van der Waals surface area contributed by atoms with Gasteiger partial charge in [-0.3, -0.25) is 4.79 Å². The highest BCUT2D eigenvalue weighted by Gasteiger charge is 2.30. The first-order valence-electron chi connectivity index (χ1n) is 9.19. The number of aromatic nitrogens is 3. The van der Waals surface area contributed by atoms with Crippen LogP contribution in [0.4, 0.5) is 13.2 Å². The molecule has 0 aliphatic carbocycles. The Hall–Kier alpha value is -2.38. The number of fused-ring (bicyclic) bond motifs is 1. The summed E-state index contributed by atoms with van der Waals surface area (Å²) in [5, 5.41) is 11.2. The Kier molecular flexibility index (Phi) is 5.82. The number of carbonyl (C=O) groups is 1. The van der Waals surface area contributed by atoms with Gasteiger partial charge in [0.1, 0.15) is 11.6 Å². The Morgan fingerprint density at radius 2 is 2.11 bits per heavy atom. The van der Waals surface area contributed by atoms with Gasteiger partial charge in [0.2, 0.25) is 5.91 Å². The minimum Gasteiger partial charge on any atom is -0.356 e. The summed E-state index contributed by atoms with van der Waals surface area (Å²) in [5.41, 5.74) is -0.185. The van der Waals surface area contributed by atoms with Crippen LogP contribution in [0.3, 0.4) is 0 Å². The van der Waals surface area contributed by atoms with Crippen molar-refractivity contribution in [1.29, 1.82) is 0 Å². The van der Waals surface area contributed by atoms with Crippen LogP contribution in [0, 0.1) is 0 Å². The van der Waals surface area contributed by atoms with Gasteiger partial charge in [-0.25, -0.2) is 0 Å². The molecule has 0 radical (unpaired) electrons. The molecule has 1 aromatic carbocycles. The topological polar surface area (TPSA) is 59.8 Å². The molecule has 0 unspecified atom stereocenters. The maximum atomic E-state index is 12.8. The molecule has 1 aliphatic rings. The predicted molar refractivity (Wildman–Crippen MR) is 94.1 cm³/mol.